The third-order valence-electron chi connectivity index (χ3n) is 20.7. The highest BCUT2D eigenvalue weighted by Gasteiger charge is 2.65. The van der Waals surface area contributed by atoms with E-state index in [4.69, 9.17) is 21.9 Å². The number of methoxy groups -OCH3 is 1. The van der Waals surface area contributed by atoms with Gasteiger partial charge in [0.25, 0.3) is 0 Å². The molecule has 0 amide bonds. The second-order valence-electron chi connectivity index (χ2n) is 26.0. The first kappa shape index (κ1) is 59.5. The molecule has 0 radical (unpaired) electrons. The van der Waals surface area contributed by atoms with Gasteiger partial charge in [0, 0.05) is 44.3 Å². The highest BCUT2D eigenvalue weighted by Crippen LogP contribution is 2.70. The van der Waals surface area contributed by atoms with Crippen molar-refractivity contribution in [2.75, 3.05) is 46.4 Å². The summed E-state index contributed by atoms with van der Waals surface area (Å²) in [6.07, 6.45) is 25.2. The number of phenols is 1. The van der Waals surface area contributed by atoms with Crippen LogP contribution in [0.3, 0.4) is 0 Å². The van der Waals surface area contributed by atoms with Crippen LogP contribution in [0.15, 0.2) is 113 Å². The number of ether oxygens (including phenoxy) is 1. The van der Waals surface area contributed by atoms with Gasteiger partial charge in [0.2, 0.25) is 0 Å². The van der Waals surface area contributed by atoms with Gasteiger partial charge in [-0.1, -0.05) is 66.7 Å². The Morgan fingerprint density at radius 2 is 1.73 bits per heavy atom. The van der Waals surface area contributed by atoms with E-state index in [2.05, 4.69) is 86.9 Å². The van der Waals surface area contributed by atoms with Crippen molar-refractivity contribution >= 4 is 23.1 Å². The first-order valence-electron chi connectivity index (χ1n) is 31.1. The zero-order valence-corrected chi connectivity index (χ0v) is 48.8. The van der Waals surface area contributed by atoms with Crippen LogP contribution < -0.4 is 43.2 Å². The minimum Gasteiger partial charge on any atom is -0.504 e. The standard InChI is InChI=1S/C68H94N8O6/c1-43(78)39-75-63-38-67(37-59-57-21-24-72-40-53(57)28-50-12-7-23-73-65(50)59)35-48(16-18-62(67)68(63)22-19-47(36-68)20-25-74-66(70)71)27-55(79)33-56(80)30-54(42-77)58-34-61(82-2)60(81)31-51(58)29-52-41-76-64(69)32-49(52)17-15-46-11-6-10-45(26-46)14-13-44-8-4-3-5-9-44/h3-12,26,30-32,34,41,43,47-48,50,53,57,59,62-65,72-73,75-78,81H,13-25,27-29,33,35-40,42,69H2,1-2H3,(H4,70,71,74)/b54-30+/t43-,47+,48+,50-,53-,57+,59+,62+,63+,64?,65+,67-,68+/m0/s1. The van der Waals surface area contributed by atoms with Crippen LogP contribution in [-0.4, -0.2) is 104 Å². The quantitative estimate of drug-likeness (QED) is 0.0136. The lowest BCUT2D eigenvalue weighted by molar-refractivity contribution is -0.126. The number of aromatic hydroxyl groups is 1. The number of aliphatic hydroxyl groups excluding tert-OH is 2. The van der Waals surface area contributed by atoms with Crippen LogP contribution in [0.1, 0.15) is 125 Å². The molecule has 0 bridgehead atoms. The number of phenolic OH excluding ortho intramolecular Hbond substituents is 1. The molecule has 1 unspecified atom stereocenters. The van der Waals surface area contributed by atoms with Gasteiger partial charge in [0.05, 0.1) is 32.4 Å². The monoisotopic (exact) mass is 1120 g/mol. The summed E-state index contributed by atoms with van der Waals surface area (Å²) in [5, 5.41) is 48.0. The molecule has 3 aliphatic heterocycles. The zero-order chi connectivity index (χ0) is 57.4. The van der Waals surface area contributed by atoms with E-state index in [1.165, 1.54) is 42.7 Å². The van der Waals surface area contributed by atoms with Crippen molar-refractivity contribution in [3.05, 3.63) is 136 Å². The van der Waals surface area contributed by atoms with Gasteiger partial charge in [0.15, 0.2) is 23.2 Å². The maximum absolute atomic E-state index is 14.5. The Bertz CT molecular complexity index is 2860. The number of ketones is 2. The fourth-order valence-electron chi connectivity index (χ4n) is 17.3. The summed E-state index contributed by atoms with van der Waals surface area (Å²) in [5.74, 6) is 3.29. The van der Waals surface area contributed by atoms with Crippen LogP contribution in [0.4, 0.5) is 0 Å². The van der Waals surface area contributed by atoms with Crippen molar-refractivity contribution in [2.45, 2.75) is 147 Å². The number of piperidine rings is 1. The fraction of sp³-hybridized carbons (Fsp3) is 0.574. The van der Waals surface area contributed by atoms with E-state index in [0.717, 1.165) is 114 Å². The van der Waals surface area contributed by atoms with Crippen molar-refractivity contribution in [3.63, 3.8) is 0 Å². The van der Waals surface area contributed by atoms with Gasteiger partial charge in [-0.25, -0.2) is 0 Å². The number of allylic oxidation sites excluding steroid dienone is 3. The number of Topliss-reactive ketones (excluding diaryl/α,β-unsaturated/α-hetero) is 1. The Labute approximate surface area is 487 Å². The Kier molecular flexibility index (Phi) is 19.6. The molecule has 10 rings (SSSR count). The molecule has 5 fully saturated rings. The van der Waals surface area contributed by atoms with Crippen molar-refractivity contribution in [2.24, 2.45) is 74.4 Å². The highest BCUT2D eigenvalue weighted by atomic mass is 16.5. The number of carbonyl (C=O) groups excluding carboxylic acids is 2. The lowest BCUT2D eigenvalue weighted by atomic mass is 9.52. The predicted octanol–water partition coefficient (Wildman–Crippen LogP) is 7.73. The number of rotatable bonds is 24. The first-order valence-corrected chi connectivity index (χ1v) is 31.1. The molecule has 13 N–H and O–H groups in total. The van der Waals surface area contributed by atoms with E-state index >= 15 is 0 Å². The maximum atomic E-state index is 14.5. The number of nitrogens with zero attached hydrogens (tertiary/aromatic N) is 1. The molecule has 14 nitrogen and oxygen atoms in total. The SMILES string of the molecule is COc1cc(/C(=C/C(=O)CC(=O)C[C@H]2CC[C@@H]3[C@](C[C@@H]4[C@@H]5CCNC[C@@H]5C[C@@H]5C=CCN[C@@H]45)(C2)C[C@@H](NC[C@H](C)O)[C@@]32CC[C@H](CCN=C(N)N)C2)CO)c(CC2=CNC(N)C=C2CCc2cccc(CCc3ccccc3)c2)cc1O. The van der Waals surface area contributed by atoms with Crippen molar-refractivity contribution < 1.29 is 29.6 Å². The number of carbonyl (C=O) groups is 2. The van der Waals surface area contributed by atoms with Crippen LogP contribution in [0.5, 0.6) is 11.5 Å². The summed E-state index contributed by atoms with van der Waals surface area (Å²) in [5.41, 5.74) is 25.6. The molecule has 3 heterocycles. The number of nitrogens with one attached hydrogen (secondary N) is 4. The van der Waals surface area contributed by atoms with Gasteiger partial charge in [-0.15, -0.1) is 0 Å². The number of fused-ring (bicyclic) bond motifs is 4. The molecule has 0 aromatic heterocycles. The molecular formula is C68H94N8O6. The molecule has 4 aliphatic carbocycles. The number of benzene rings is 3. The summed E-state index contributed by atoms with van der Waals surface area (Å²) in [6.45, 7) is 5.63. The molecule has 1 spiro atoms. The average molecular weight is 1120 g/mol. The van der Waals surface area contributed by atoms with Crippen LogP contribution in [0, 0.1) is 52.3 Å². The van der Waals surface area contributed by atoms with E-state index in [-0.39, 0.29) is 64.4 Å². The Morgan fingerprint density at radius 3 is 2.51 bits per heavy atom. The van der Waals surface area contributed by atoms with Gasteiger partial charge in [-0.3, -0.25) is 14.6 Å². The number of hydrogen-bond acceptors (Lipinski definition) is 12. The minimum absolute atomic E-state index is 0.0153. The Hall–Kier alpha value is -5.61. The van der Waals surface area contributed by atoms with E-state index < -0.39 is 12.7 Å². The molecule has 1 saturated heterocycles. The fourth-order valence-corrected chi connectivity index (χ4v) is 17.3. The number of aliphatic imine (C=N–C) groups is 1. The normalized spacial score (nSPS) is 30.8. The topological polar surface area (TPSA) is 243 Å². The van der Waals surface area contributed by atoms with Crippen LogP contribution >= 0.6 is 0 Å². The van der Waals surface area contributed by atoms with E-state index in [0.29, 0.717) is 84.2 Å². The van der Waals surface area contributed by atoms with Crippen LogP contribution in [0.25, 0.3) is 5.57 Å². The first-order chi connectivity index (χ1) is 39.7. The van der Waals surface area contributed by atoms with Gasteiger partial charge in [-0.2, -0.15) is 0 Å². The lowest BCUT2D eigenvalue weighted by Gasteiger charge is -2.55. The third-order valence-corrected chi connectivity index (χ3v) is 20.7. The number of aryl methyl sites for hydroxylation is 3. The van der Waals surface area contributed by atoms with Gasteiger partial charge < -0.3 is 58.5 Å². The van der Waals surface area contributed by atoms with E-state index in [1.54, 1.807) is 12.1 Å². The number of hydrogen-bond donors (Lipinski definition) is 10. The molecule has 14 heteroatoms. The second kappa shape index (κ2) is 27.0. The largest absolute Gasteiger partial charge is 0.504 e. The van der Waals surface area contributed by atoms with Crippen LogP contribution in [-0.2, 0) is 35.3 Å². The lowest BCUT2D eigenvalue weighted by Crippen LogP contribution is -2.57. The maximum Gasteiger partial charge on any atom is 0.185 e. The van der Waals surface area contributed by atoms with E-state index in [9.17, 15) is 24.9 Å². The second-order valence-corrected chi connectivity index (χ2v) is 26.0. The van der Waals surface area contributed by atoms with Gasteiger partial charge >= 0.3 is 0 Å². The summed E-state index contributed by atoms with van der Waals surface area (Å²) >= 11 is 0. The van der Waals surface area contributed by atoms with E-state index in [1.807, 2.05) is 25.3 Å². The summed E-state index contributed by atoms with van der Waals surface area (Å²) in [7, 11) is 1.48. The molecule has 442 valence electrons. The summed E-state index contributed by atoms with van der Waals surface area (Å²) in [4.78, 5) is 33.2. The summed E-state index contributed by atoms with van der Waals surface area (Å²) in [6, 6.07) is 23.3. The van der Waals surface area contributed by atoms with Crippen molar-refractivity contribution in [1.29, 1.82) is 0 Å². The summed E-state index contributed by atoms with van der Waals surface area (Å²) < 4.78 is 5.59. The minimum atomic E-state index is -0.468. The predicted molar refractivity (Wildman–Crippen MR) is 327 cm³/mol. The molecular weight excluding hydrogens is 1020 g/mol. The van der Waals surface area contributed by atoms with Gasteiger partial charge in [-0.05, 0) is 244 Å². The number of nitrogens with two attached hydrogens (primary N) is 3. The Balaban J connectivity index is 0.861. The van der Waals surface area contributed by atoms with Gasteiger partial charge in [0.1, 0.15) is 5.78 Å². The highest BCUT2D eigenvalue weighted by molar-refractivity contribution is 6.07. The third kappa shape index (κ3) is 14.0. The van der Waals surface area contributed by atoms with Crippen molar-refractivity contribution in [1.82, 2.24) is 21.3 Å². The zero-order valence-electron chi connectivity index (χ0n) is 48.8. The average Bonchev–Trinajstić information content (AvgIpc) is 2.07. The molecule has 13 atom stereocenters. The molecule has 4 saturated carbocycles. The number of aliphatic hydroxyl groups is 2. The Morgan fingerprint density at radius 1 is 0.939 bits per heavy atom. The molecule has 3 aromatic rings. The number of guanidine groups is 1. The smallest absolute Gasteiger partial charge is 0.185 e. The molecule has 7 aliphatic rings. The molecule has 82 heavy (non-hydrogen) atoms. The number of dihydropyridines is 1. The van der Waals surface area contributed by atoms with Crippen LogP contribution in [0.2, 0.25) is 0 Å². The molecule has 3 aromatic carbocycles. The van der Waals surface area contributed by atoms with Crippen molar-refractivity contribution in [3.8, 4) is 11.5 Å².